The second-order valence-electron chi connectivity index (χ2n) is 4.87. The summed E-state index contributed by atoms with van der Waals surface area (Å²) in [6, 6.07) is 2.06. The molecule has 0 fully saturated rings. The average molecular weight is 323 g/mol. The predicted molar refractivity (Wildman–Crippen MR) is 82.4 cm³/mol. The number of anilines is 1. The number of alkyl halides is 2. The van der Waals surface area contributed by atoms with Crippen molar-refractivity contribution in [2.75, 3.05) is 11.9 Å². The number of aryl methyl sites for hydroxylation is 1. The van der Waals surface area contributed by atoms with Crippen molar-refractivity contribution in [2.45, 2.75) is 26.4 Å². The van der Waals surface area contributed by atoms with E-state index in [4.69, 9.17) is 0 Å². The fourth-order valence-electron chi connectivity index (χ4n) is 2.30. The molecule has 0 unspecified atom stereocenters. The second-order valence-corrected chi connectivity index (χ2v) is 5.98. The van der Waals surface area contributed by atoms with Gasteiger partial charge in [0, 0.05) is 24.3 Å². The Balaban J connectivity index is 1.93. The van der Waals surface area contributed by atoms with Crippen molar-refractivity contribution < 1.29 is 8.78 Å². The van der Waals surface area contributed by atoms with Crippen LogP contribution >= 0.6 is 11.3 Å². The van der Waals surface area contributed by atoms with Gasteiger partial charge in [-0.3, -0.25) is 4.57 Å². The SMILES string of the molecule is CCc1cc2c(N(C)Cc3nccn3C(F)F)ncnc2s1. The van der Waals surface area contributed by atoms with E-state index in [1.807, 2.05) is 11.9 Å². The number of hydrogen-bond acceptors (Lipinski definition) is 5. The normalized spacial score (nSPS) is 11.5. The Hall–Kier alpha value is -2.09. The van der Waals surface area contributed by atoms with Gasteiger partial charge in [-0.2, -0.15) is 8.78 Å². The number of fused-ring (bicyclic) bond motifs is 1. The third kappa shape index (κ3) is 2.66. The number of imidazole rings is 1. The number of rotatable bonds is 5. The molecule has 3 aromatic rings. The summed E-state index contributed by atoms with van der Waals surface area (Å²) in [6.07, 6.45) is 5.09. The Labute approximate surface area is 130 Å². The maximum Gasteiger partial charge on any atom is 0.319 e. The molecule has 0 aliphatic heterocycles. The molecule has 0 aliphatic carbocycles. The van der Waals surface area contributed by atoms with Gasteiger partial charge in [0.1, 0.15) is 22.8 Å². The van der Waals surface area contributed by atoms with Crippen LogP contribution in [0.15, 0.2) is 24.8 Å². The van der Waals surface area contributed by atoms with Crippen LogP contribution in [0.5, 0.6) is 0 Å². The summed E-state index contributed by atoms with van der Waals surface area (Å²) in [6.45, 7) is -0.258. The number of halogens is 2. The zero-order valence-corrected chi connectivity index (χ0v) is 13.0. The van der Waals surface area contributed by atoms with Crippen LogP contribution in [0.3, 0.4) is 0 Å². The smallest absolute Gasteiger partial charge is 0.319 e. The van der Waals surface area contributed by atoms with Gasteiger partial charge in [0.15, 0.2) is 0 Å². The lowest BCUT2D eigenvalue weighted by Crippen LogP contribution is -2.21. The molecule has 3 aromatic heterocycles. The van der Waals surface area contributed by atoms with Crippen LogP contribution in [-0.2, 0) is 13.0 Å². The van der Waals surface area contributed by atoms with E-state index in [0.717, 1.165) is 27.0 Å². The second kappa shape index (κ2) is 5.96. The third-order valence-electron chi connectivity index (χ3n) is 3.41. The van der Waals surface area contributed by atoms with Gasteiger partial charge in [-0.15, -0.1) is 11.3 Å². The molecule has 22 heavy (non-hydrogen) atoms. The molecule has 3 heterocycles. The zero-order chi connectivity index (χ0) is 15.7. The zero-order valence-electron chi connectivity index (χ0n) is 12.2. The minimum Gasteiger partial charge on any atom is -0.352 e. The Kier molecular flexibility index (Phi) is 4.02. The summed E-state index contributed by atoms with van der Waals surface area (Å²) in [5.74, 6) is 1.03. The number of nitrogens with zero attached hydrogens (tertiary/aromatic N) is 5. The average Bonchev–Trinajstić information content (AvgIpc) is 3.12. The summed E-state index contributed by atoms with van der Waals surface area (Å²) in [7, 11) is 1.82. The van der Waals surface area contributed by atoms with E-state index < -0.39 is 6.55 Å². The van der Waals surface area contributed by atoms with Crippen LogP contribution in [-0.4, -0.2) is 26.6 Å². The summed E-state index contributed by atoms with van der Waals surface area (Å²) in [5, 5.41) is 0.946. The molecule has 8 heteroatoms. The standard InChI is InChI=1S/C14H15F2N5S/c1-3-9-6-10-12(18-8-19-13(10)22-9)20(2)7-11-17-4-5-21(11)14(15)16/h4-6,8,14H,3,7H2,1-2H3. The van der Waals surface area contributed by atoms with Crippen molar-refractivity contribution in [3.05, 3.63) is 35.5 Å². The maximum absolute atomic E-state index is 12.9. The molecule has 0 aliphatic rings. The van der Waals surface area contributed by atoms with Crippen molar-refractivity contribution in [3.8, 4) is 0 Å². The molecule has 0 radical (unpaired) electrons. The van der Waals surface area contributed by atoms with E-state index in [9.17, 15) is 8.78 Å². The molecular weight excluding hydrogens is 308 g/mol. The van der Waals surface area contributed by atoms with Crippen LogP contribution < -0.4 is 4.90 Å². The quantitative estimate of drug-likeness (QED) is 0.721. The number of aromatic nitrogens is 4. The summed E-state index contributed by atoms with van der Waals surface area (Å²) in [5.41, 5.74) is 0. The molecule has 3 rings (SSSR count). The monoisotopic (exact) mass is 323 g/mol. The first-order chi connectivity index (χ1) is 10.6. The Morgan fingerprint density at radius 2 is 2.14 bits per heavy atom. The Morgan fingerprint density at radius 1 is 1.32 bits per heavy atom. The third-order valence-corrected chi connectivity index (χ3v) is 4.59. The van der Waals surface area contributed by atoms with Crippen molar-refractivity contribution >= 4 is 27.4 Å². The summed E-state index contributed by atoms with van der Waals surface area (Å²) in [4.78, 5) is 16.5. The molecule has 0 amide bonds. The fourth-order valence-corrected chi connectivity index (χ4v) is 3.23. The topological polar surface area (TPSA) is 46.8 Å². The van der Waals surface area contributed by atoms with Gasteiger partial charge in [0.2, 0.25) is 0 Å². The van der Waals surface area contributed by atoms with Crippen LogP contribution in [0, 0.1) is 0 Å². The van der Waals surface area contributed by atoms with E-state index in [1.54, 1.807) is 11.3 Å². The van der Waals surface area contributed by atoms with Gasteiger partial charge in [-0.25, -0.2) is 15.0 Å². The first-order valence-electron chi connectivity index (χ1n) is 6.84. The highest BCUT2D eigenvalue weighted by atomic mass is 32.1. The van der Waals surface area contributed by atoms with Gasteiger partial charge in [-0.05, 0) is 12.5 Å². The Bertz CT molecular complexity index is 782. The number of thiophene rings is 1. The largest absolute Gasteiger partial charge is 0.352 e. The van der Waals surface area contributed by atoms with E-state index in [2.05, 4.69) is 27.9 Å². The highest BCUT2D eigenvalue weighted by Crippen LogP contribution is 2.30. The highest BCUT2D eigenvalue weighted by Gasteiger charge is 2.16. The number of hydrogen-bond donors (Lipinski definition) is 0. The molecule has 0 saturated carbocycles. The summed E-state index contributed by atoms with van der Waals surface area (Å²) < 4.78 is 26.7. The molecular formula is C14H15F2N5S. The van der Waals surface area contributed by atoms with E-state index in [0.29, 0.717) is 5.82 Å². The fraction of sp³-hybridized carbons (Fsp3) is 0.357. The minimum absolute atomic E-state index is 0.251. The van der Waals surface area contributed by atoms with Crippen molar-refractivity contribution in [2.24, 2.45) is 0 Å². The molecule has 0 N–H and O–H groups in total. The van der Waals surface area contributed by atoms with Gasteiger partial charge < -0.3 is 4.90 Å². The van der Waals surface area contributed by atoms with E-state index >= 15 is 0 Å². The van der Waals surface area contributed by atoms with Crippen molar-refractivity contribution in [1.82, 2.24) is 19.5 Å². The minimum atomic E-state index is -2.59. The first kappa shape index (κ1) is 14.8. The molecule has 0 bridgehead atoms. The maximum atomic E-state index is 12.9. The van der Waals surface area contributed by atoms with Crippen LogP contribution in [0.2, 0.25) is 0 Å². The van der Waals surface area contributed by atoms with E-state index in [1.165, 1.54) is 23.6 Å². The van der Waals surface area contributed by atoms with Gasteiger partial charge in [0.25, 0.3) is 0 Å². The summed E-state index contributed by atoms with van der Waals surface area (Å²) >= 11 is 1.63. The Morgan fingerprint density at radius 3 is 2.86 bits per heavy atom. The van der Waals surface area contributed by atoms with Crippen LogP contribution in [0.25, 0.3) is 10.2 Å². The van der Waals surface area contributed by atoms with Crippen molar-refractivity contribution in [3.63, 3.8) is 0 Å². The molecule has 0 saturated heterocycles. The van der Waals surface area contributed by atoms with Gasteiger partial charge in [-0.1, -0.05) is 6.92 Å². The van der Waals surface area contributed by atoms with Crippen LogP contribution in [0.1, 0.15) is 24.2 Å². The predicted octanol–water partition coefficient (Wildman–Crippen LogP) is 3.48. The van der Waals surface area contributed by atoms with Crippen molar-refractivity contribution in [1.29, 1.82) is 0 Å². The molecule has 116 valence electrons. The molecule has 0 spiro atoms. The molecule has 0 aromatic carbocycles. The molecule has 0 atom stereocenters. The first-order valence-corrected chi connectivity index (χ1v) is 7.66. The van der Waals surface area contributed by atoms with Gasteiger partial charge >= 0.3 is 6.55 Å². The lowest BCUT2D eigenvalue weighted by atomic mass is 10.3. The van der Waals surface area contributed by atoms with E-state index in [-0.39, 0.29) is 6.54 Å². The lowest BCUT2D eigenvalue weighted by molar-refractivity contribution is 0.0670. The van der Waals surface area contributed by atoms with Gasteiger partial charge in [0.05, 0.1) is 11.9 Å². The lowest BCUT2D eigenvalue weighted by Gasteiger charge is -2.19. The van der Waals surface area contributed by atoms with Crippen LogP contribution in [0.4, 0.5) is 14.6 Å². The highest BCUT2D eigenvalue weighted by molar-refractivity contribution is 7.18. The molecule has 5 nitrogen and oxygen atoms in total.